The minimum Gasteiger partial charge on any atom is -0.497 e. The summed E-state index contributed by atoms with van der Waals surface area (Å²) in [7, 11) is 3.12. The Morgan fingerprint density at radius 3 is 2.18 bits per heavy atom. The Kier molecular flexibility index (Phi) is 4.88. The van der Waals surface area contributed by atoms with Crippen molar-refractivity contribution in [2.75, 3.05) is 24.9 Å². The molecule has 0 aliphatic rings. The summed E-state index contributed by atoms with van der Waals surface area (Å²) in [6, 6.07) is 10.8. The number of aryl methyl sites for hydroxylation is 2. The molecule has 2 aromatic rings. The summed E-state index contributed by atoms with van der Waals surface area (Å²) < 4.78 is 10.4. The third kappa shape index (κ3) is 3.91. The molecule has 2 amide bonds. The van der Waals surface area contributed by atoms with Gasteiger partial charge in [-0.3, -0.25) is 0 Å². The van der Waals surface area contributed by atoms with Crippen LogP contribution in [0.15, 0.2) is 36.4 Å². The van der Waals surface area contributed by atoms with Crippen molar-refractivity contribution in [3.8, 4) is 11.5 Å². The largest absolute Gasteiger partial charge is 0.497 e. The average Bonchev–Trinajstić information content (AvgIpc) is 2.45. The van der Waals surface area contributed by atoms with Gasteiger partial charge in [-0.05, 0) is 49.2 Å². The molecule has 0 spiro atoms. The van der Waals surface area contributed by atoms with Crippen molar-refractivity contribution in [2.45, 2.75) is 13.8 Å². The summed E-state index contributed by atoms with van der Waals surface area (Å²) in [6.45, 7) is 3.97. The van der Waals surface area contributed by atoms with Gasteiger partial charge in [-0.1, -0.05) is 6.07 Å². The van der Waals surface area contributed by atoms with Gasteiger partial charge in [0.1, 0.15) is 11.5 Å². The number of benzene rings is 2. The Hall–Kier alpha value is -2.69. The molecule has 2 N–H and O–H groups in total. The lowest BCUT2D eigenvalue weighted by atomic mass is 10.1. The Balaban J connectivity index is 2.14. The summed E-state index contributed by atoms with van der Waals surface area (Å²) in [5.41, 5.74) is 3.48. The molecular weight excluding hydrogens is 280 g/mol. The molecule has 0 atom stereocenters. The van der Waals surface area contributed by atoms with Crippen LogP contribution in [0, 0.1) is 13.8 Å². The summed E-state index contributed by atoms with van der Waals surface area (Å²) in [4.78, 5) is 12.2. The van der Waals surface area contributed by atoms with Crippen LogP contribution in [0.3, 0.4) is 0 Å². The standard InChI is InChI=1S/C17H20N2O3/c1-11-7-12(2)9-13(8-11)18-17(20)19-15-10-14(21-3)5-6-16(15)22-4/h5-10H,1-4H3,(H2,18,19,20). The quantitative estimate of drug-likeness (QED) is 0.898. The number of methoxy groups -OCH3 is 2. The zero-order chi connectivity index (χ0) is 16.1. The smallest absolute Gasteiger partial charge is 0.323 e. The second-order valence-corrected chi connectivity index (χ2v) is 5.02. The summed E-state index contributed by atoms with van der Waals surface area (Å²) in [6.07, 6.45) is 0. The summed E-state index contributed by atoms with van der Waals surface area (Å²) >= 11 is 0. The van der Waals surface area contributed by atoms with Crippen LogP contribution in [0.4, 0.5) is 16.2 Å². The lowest BCUT2D eigenvalue weighted by molar-refractivity contribution is 0.262. The number of hydrogen-bond donors (Lipinski definition) is 2. The summed E-state index contributed by atoms with van der Waals surface area (Å²) in [5, 5.41) is 5.58. The Morgan fingerprint density at radius 1 is 0.909 bits per heavy atom. The predicted molar refractivity (Wildman–Crippen MR) is 88.1 cm³/mol. The molecule has 2 aromatic carbocycles. The monoisotopic (exact) mass is 300 g/mol. The lowest BCUT2D eigenvalue weighted by Crippen LogP contribution is -2.20. The van der Waals surface area contributed by atoms with Crippen molar-refractivity contribution >= 4 is 17.4 Å². The van der Waals surface area contributed by atoms with Crippen molar-refractivity contribution in [1.82, 2.24) is 0 Å². The van der Waals surface area contributed by atoms with E-state index >= 15 is 0 Å². The number of rotatable bonds is 4. The Morgan fingerprint density at radius 2 is 1.59 bits per heavy atom. The molecule has 0 bridgehead atoms. The third-order valence-electron chi connectivity index (χ3n) is 3.13. The summed E-state index contributed by atoms with van der Waals surface area (Å²) in [5.74, 6) is 1.21. The van der Waals surface area contributed by atoms with Crippen LogP contribution in [0.2, 0.25) is 0 Å². The molecule has 0 heterocycles. The van der Waals surface area contributed by atoms with Gasteiger partial charge in [0.05, 0.1) is 19.9 Å². The van der Waals surface area contributed by atoms with Crippen molar-refractivity contribution in [3.05, 3.63) is 47.5 Å². The van der Waals surface area contributed by atoms with E-state index in [2.05, 4.69) is 10.6 Å². The average molecular weight is 300 g/mol. The fourth-order valence-electron chi connectivity index (χ4n) is 2.24. The SMILES string of the molecule is COc1ccc(OC)c(NC(=O)Nc2cc(C)cc(C)c2)c1. The first-order valence-corrected chi connectivity index (χ1v) is 6.90. The maximum Gasteiger partial charge on any atom is 0.323 e. The number of carbonyl (C=O) groups excluding carboxylic acids is 1. The number of hydrogen-bond acceptors (Lipinski definition) is 3. The zero-order valence-corrected chi connectivity index (χ0v) is 13.2. The molecule has 5 heteroatoms. The molecule has 0 saturated heterocycles. The number of anilines is 2. The molecule has 0 radical (unpaired) electrons. The second kappa shape index (κ2) is 6.85. The van der Waals surface area contributed by atoms with E-state index in [0.717, 1.165) is 16.8 Å². The van der Waals surface area contributed by atoms with Crippen LogP contribution < -0.4 is 20.1 Å². The van der Waals surface area contributed by atoms with Crippen LogP contribution >= 0.6 is 0 Å². The highest BCUT2D eigenvalue weighted by Gasteiger charge is 2.09. The molecule has 5 nitrogen and oxygen atoms in total. The Bertz CT molecular complexity index is 663. The first-order valence-electron chi connectivity index (χ1n) is 6.90. The molecule has 2 rings (SSSR count). The molecule has 0 fully saturated rings. The minimum atomic E-state index is -0.337. The van der Waals surface area contributed by atoms with E-state index in [9.17, 15) is 4.79 Å². The van der Waals surface area contributed by atoms with Gasteiger partial charge >= 0.3 is 6.03 Å². The fourth-order valence-corrected chi connectivity index (χ4v) is 2.24. The molecule has 0 aliphatic heterocycles. The highest BCUT2D eigenvalue weighted by atomic mass is 16.5. The Labute approximate surface area is 130 Å². The first-order chi connectivity index (χ1) is 10.5. The predicted octanol–water partition coefficient (Wildman–Crippen LogP) is 3.96. The number of nitrogens with one attached hydrogen (secondary N) is 2. The van der Waals surface area contributed by atoms with E-state index in [1.807, 2.05) is 32.0 Å². The van der Waals surface area contributed by atoms with Crippen molar-refractivity contribution in [3.63, 3.8) is 0 Å². The van der Waals surface area contributed by atoms with Crippen molar-refractivity contribution < 1.29 is 14.3 Å². The molecule has 116 valence electrons. The van der Waals surface area contributed by atoms with Gasteiger partial charge in [0.15, 0.2) is 0 Å². The highest BCUT2D eigenvalue weighted by Crippen LogP contribution is 2.29. The van der Waals surface area contributed by atoms with Gasteiger partial charge in [0.25, 0.3) is 0 Å². The van der Waals surface area contributed by atoms with E-state index < -0.39 is 0 Å². The van der Waals surface area contributed by atoms with Crippen LogP contribution in [0.25, 0.3) is 0 Å². The highest BCUT2D eigenvalue weighted by molar-refractivity contribution is 6.00. The molecule has 0 aromatic heterocycles. The van der Waals surface area contributed by atoms with Gasteiger partial charge in [0.2, 0.25) is 0 Å². The normalized spacial score (nSPS) is 10.0. The maximum absolute atomic E-state index is 12.2. The number of carbonyl (C=O) groups is 1. The van der Waals surface area contributed by atoms with Crippen LogP contribution in [0.5, 0.6) is 11.5 Å². The maximum atomic E-state index is 12.2. The third-order valence-corrected chi connectivity index (χ3v) is 3.13. The van der Waals surface area contributed by atoms with Crippen LogP contribution in [-0.4, -0.2) is 20.3 Å². The van der Waals surface area contributed by atoms with E-state index in [-0.39, 0.29) is 6.03 Å². The molecule has 22 heavy (non-hydrogen) atoms. The van der Waals surface area contributed by atoms with E-state index in [1.54, 1.807) is 32.4 Å². The van der Waals surface area contributed by atoms with Gasteiger partial charge in [-0.2, -0.15) is 0 Å². The first kappa shape index (κ1) is 15.7. The molecule has 0 saturated carbocycles. The topological polar surface area (TPSA) is 59.6 Å². The van der Waals surface area contributed by atoms with Crippen LogP contribution in [0.1, 0.15) is 11.1 Å². The molecule has 0 aliphatic carbocycles. The van der Waals surface area contributed by atoms with Gasteiger partial charge < -0.3 is 20.1 Å². The van der Waals surface area contributed by atoms with Gasteiger partial charge in [0, 0.05) is 11.8 Å². The van der Waals surface area contributed by atoms with Crippen molar-refractivity contribution in [1.29, 1.82) is 0 Å². The number of amides is 2. The molecular formula is C17H20N2O3. The fraction of sp³-hybridized carbons (Fsp3) is 0.235. The molecule has 0 unspecified atom stereocenters. The number of ether oxygens (including phenoxy) is 2. The zero-order valence-electron chi connectivity index (χ0n) is 13.2. The van der Waals surface area contributed by atoms with E-state index in [0.29, 0.717) is 17.2 Å². The van der Waals surface area contributed by atoms with E-state index in [1.165, 1.54) is 0 Å². The second-order valence-electron chi connectivity index (χ2n) is 5.02. The van der Waals surface area contributed by atoms with Gasteiger partial charge in [-0.25, -0.2) is 4.79 Å². The minimum absolute atomic E-state index is 0.337. The van der Waals surface area contributed by atoms with E-state index in [4.69, 9.17) is 9.47 Å². The van der Waals surface area contributed by atoms with Gasteiger partial charge in [-0.15, -0.1) is 0 Å². The van der Waals surface area contributed by atoms with Crippen LogP contribution in [-0.2, 0) is 0 Å². The number of urea groups is 1. The van der Waals surface area contributed by atoms with Crippen molar-refractivity contribution in [2.24, 2.45) is 0 Å². The lowest BCUT2D eigenvalue weighted by Gasteiger charge is -2.13.